The lowest BCUT2D eigenvalue weighted by molar-refractivity contribution is 0.273. The Balaban J connectivity index is 1.48. The third-order valence-electron chi connectivity index (χ3n) is 5.48. The Bertz CT molecular complexity index is 1110. The van der Waals surface area contributed by atoms with Crippen LogP contribution >= 0.6 is 0 Å². The summed E-state index contributed by atoms with van der Waals surface area (Å²) in [7, 11) is 0. The molecule has 3 heterocycles. The number of rotatable bonds is 4. The van der Waals surface area contributed by atoms with Gasteiger partial charge in [0, 0.05) is 18.0 Å². The van der Waals surface area contributed by atoms with E-state index in [4.69, 9.17) is 14.8 Å². The quantitative estimate of drug-likeness (QED) is 0.576. The molecule has 8 nitrogen and oxygen atoms in total. The van der Waals surface area contributed by atoms with E-state index in [1.54, 1.807) is 12.4 Å². The van der Waals surface area contributed by atoms with E-state index >= 15 is 0 Å². The number of aryl methyl sites for hydroxylation is 1. The first-order valence-electron chi connectivity index (χ1n) is 9.10. The summed E-state index contributed by atoms with van der Waals surface area (Å²) in [6, 6.07) is 8.36. The van der Waals surface area contributed by atoms with Crippen molar-refractivity contribution in [3.63, 3.8) is 0 Å². The largest absolute Gasteiger partial charge is 0.368 e. The van der Waals surface area contributed by atoms with Crippen molar-refractivity contribution in [1.82, 2.24) is 25.3 Å². The number of aromatic nitrogens is 5. The van der Waals surface area contributed by atoms with Crippen molar-refractivity contribution >= 4 is 5.95 Å². The van der Waals surface area contributed by atoms with Gasteiger partial charge in [-0.3, -0.25) is 0 Å². The maximum atomic E-state index is 5.57. The SMILES string of the molecule is Cc1nocc1-c1nc(C2(c3ccc(-c4cnc(N)nc4)cc3)CCC2)no1. The predicted molar refractivity (Wildman–Crippen MR) is 101 cm³/mol. The zero-order valence-electron chi connectivity index (χ0n) is 15.3. The van der Waals surface area contributed by atoms with Gasteiger partial charge in [-0.1, -0.05) is 41.0 Å². The molecule has 1 aliphatic rings. The van der Waals surface area contributed by atoms with E-state index in [9.17, 15) is 0 Å². The van der Waals surface area contributed by atoms with Crippen molar-refractivity contribution in [2.24, 2.45) is 0 Å². The molecule has 0 spiro atoms. The van der Waals surface area contributed by atoms with Gasteiger partial charge in [0.25, 0.3) is 5.89 Å². The van der Waals surface area contributed by atoms with E-state index in [-0.39, 0.29) is 11.4 Å². The van der Waals surface area contributed by atoms with Crippen LogP contribution in [0.1, 0.15) is 36.3 Å². The molecule has 2 N–H and O–H groups in total. The highest BCUT2D eigenvalue weighted by atomic mass is 16.5. The van der Waals surface area contributed by atoms with E-state index in [1.807, 2.05) is 6.92 Å². The molecule has 8 heteroatoms. The van der Waals surface area contributed by atoms with Crippen LogP contribution in [0.25, 0.3) is 22.6 Å². The molecule has 5 rings (SSSR count). The van der Waals surface area contributed by atoms with Gasteiger partial charge >= 0.3 is 0 Å². The van der Waals surface area contributed by atoms with Crippen LogP contribution in [0.5, 0.6) is 0 Å². The monoisotopic (exact) mass is 374 g/mol. The first kappa shape index (κ1) is 16.6. The van der Waals surface area contributed by atoms with E-state index in [0.29, 0.717) is 11.7 Å². The Morgan fingerprint density at radius 1 is 1.00 bits per heavy atom. The second-order valence-corrected chi connectivity index (χ2v) is 7.08. The highest BCUT2D eigenvalue weighted by molar-refractivity contribution is 5.63. The van der Waals surface area contributed by atoms with E-state index < -0.39 is 0 Å². The third-order valence-corrected chi connectivity index (χ3v) is 5.48. The highest BCUT2D eigenvalue weighted by Gasteiger charge is 2.44. The highest BCUT2D eigenvalue weighted by Crippen LogP contribution is 2.48. The lowest BCUT2D eigenvalue weighted by Crippen LogP contribution is -2.36. The van der Waals surface area contributed by atoms with Crippen molar-refractivity contribution in [3.05, 3.63) is 60.0 Å². The van der Waals surface area contributed by atoms with Crippen molar-refractivity contribution in [2.45, 2.75) is 31.6 Å². The van der Waals surface area contributed by atoms with Crippen LogP contribution < -0.4 is 5.73 Å². The maximum Gasteiger partial charge on any atom is 0.263 e. The van der Waals surface area contributed by atoms with Gasteiger partial charge in [-0.2, -0.15) is 4.98 Å². The molecule has 0 atom stereocenters. The number of hydrogen-bond donors (Lipinski definition) is 1. The number of nitrogens with two attached hydrogens (primary N) is 1. The molecule has 140 valence electrons. The Kier molecular flexibility index (Phi) is 3.71. The zero-order chi connectivity index (χ0) is 19.1. The van der Waals surface area contributed by atoms with Gasteiger partial charge in [-0.25, -0.2) is 9.97 Å². The average molecular weight is 374 g/mol. The lowest BCUT2D eigenvalue weighted by atomic mass is 9.64. The topological polar surface area (TPSA) is 117 Å². The van der Waals surface area contributed by atoms with Crippen molar-refractivity contribution in [2.75, 3.05) is 5.73 Å². The first-order valence-corrected chi connectivity index (χ1v) is 9.10. The van der Waals surface area contributed by atoms with Crippen molar-refractivity contribution < 1.29 is 9.05 Å². The van der Waals surface area contributed by atoms with Gasteiger partial charge in [-0.15, -0.1) is 0 Å². The van der Waals surface area contributed by atoms with Gasteiger partial charge in [-0.05, 0) is 30.9 Å². The summed E-state index contributed by atoms with van der Waals surface area (Å²) in [6.45, 7) is 1.85. The fourth-order valence-corrected chi connectivity index (χ4v) is 3.67. The molecule has 0 bridgehead atoms. The van der Waals surface area contributed by atoms with Gasteiger partial charge in [0.05, 0.1) is 11.1 Å². The van der Waals surface area contributed by atoms with Crippen LogP contribution in [-0.2, 0) is 5.41 Å². The number of nitrogen functional groups attached to an aromatic ring is 1. The lowest BCUT2D eigenvalue weighted by Gasteiger charge is -2.39. The van der Waals surface area contributed by atoms with Crippen LogP contribution in [0, 0.1) is 6.92 Å². The summed E-state index contributed by atoms with van der Waals surface area (Å²) in [5, 5.41) is 8.16. The van der Waals surface area contributed by atoms with E-state index in [2.05, 4.69) is 49.5 Å². The second-order valence-electron chi connectivity index (χ2n) is 7.08. The van der Waals surface area contributed by atoms with Crippen LogP contribution in [0.4, 0.5) is 5.95 Å². The second kappa shape index (κ2) is 6.26. The summed E-state index contributed by atoms with van der Waals surface area (Å²) in [5.41, 5.74) is 9.94. The number of nitrogens with zero attached hydrogens (tertiary/aromatic N) is 5. The minimum Gasteiger partial charge on any atom is -0.368 e. The molecule has 0 saturated heterocycles. The first-order chi connectivity index (χ1) is 13.7. The maximum absolute atomic E-state index is 5.57. The minimum absolute atomic E-state index is 0.219. The molecular formula is C20H18N6O2. The van der Waals surface area contributed by atoms with Gasteiger partial charge in [0.15, 0.2) is 5.82 Å². The third kappa shape index (κ3) is 2.57. The molecule has 0 amide bonds. The summed E-state index contributed by atoms with van der Waals surface area (Å²) in [5.74, 6) is 1.42. The van der Waals surface area contributed by atoms with Gasteiger partial charge < -0.3 is 14.8 Å². The van der Waals surface area contributed by atoms with Crippen LogP contribution in [0.2, 0.25) is 0 Å². The summed E-state index contributed by atoms with van der Waals surface area (Å²) < 4.78 is 10.5. The van der Waals surface area contributed by atoms with Crippen molar-refractivity contribution in [3.8, 4) is 22.6 Å². The standard InChI is InChI=1S/C20H18N6O2/c1-12-16(11-27-25-12)17-24-18(26-28-17)20(7-2-8-20)15-5-3-13(4-6-15)14-9-22-19(21)23-10-14/h3-6,9-11H,2,7-8H2,1H3,(H2,21,22,23). The molecule has 0 radical (unpaired) electrons. The molecule has 4 aromatic rings. The summed E-state index contributed by atoms with van der Waals surface area (Å²) in [6.07, 6.45) is 8.08. The molecule has 0 unspecified atom stereocenters. The molecule has 3 aromatic heterocycles. The fourth-order valence-electron chi connectivity index (χ4n) is 3.67. The van der Waals surface area contributed by atoms with E-state index in [1.165, 1.54) is 11.8 Å². The zero-order valence-corrected chi connectivity index (χ0v) is 15.3. The van der Waals surface area contributed by atoms with E-state index in [0.717, 1.165) is 41.6 Å². The molecule has 1 saturated carbocycles. The Morgan fingerprint density at radius 2 is 1.75 bits per heavy atom. The Morgan fingerprint density at radius 3 is 2.36 bits per heavy atom. The average Bonchev–Trinajstić information content (AvgIpc) is 3.31. The summed E-state index contributed by atoms with van der Waals surface area (Å²) in [4.78, 5) is 12.8. The number of anilines is 1. The Labute approximate surface area is 160 Å². The van der Waals surface area contributed by atoms with Crippen LogP contribution in [0.15, 0.2) is 52.0 Å². The molecule has 1 aromatic carbocycles. The Hall–Kier alpha value is -3.55. The smallest absolute Gasteiger partial charge is 0.263 e. The fraction of sp³-hybridized carbons (Fsp3) is 0.250. The summed E-state index contributed by atoms with van der Waals surface area (Å²) >= 11 is 0. The predicted octanol–water partition coefficient (Wildman–Crippen LogP) is 3.54. The normalized spacial score (nSPS) is 15.3. The van der Waals surface area contributed by atoms with Crippen LogP contribution in [0.3, 0.4) is 0 Å². The van der Waals surface area contributed by atoms with Crippen molar-refractivity contribution in [1.29, 1.82) is 0 Å². The molecule has 28 heavy (non-hydrogen) atoms. The van der Waals surface area contributed by atoms with Gasteiger partial charge in [0.1, 0.15) is 11.8 Å². The number of benzene rings is 1. The van der Waals surface area contributed by atoms with Gasteiger partial charge in [0.2, 0.25) is 5.95 Å². The van der Waals surface area contributed by atoms with Crippen LogP contribution in [-0.4, -0.2) is 25.3 Å². The molecule has 0 aliphatic heterocycles. The molecule has 1 aliphatic carbocycles. The molecular weight excluding hydrogens is 356 g/mol. The molecule has 1 fully saturated rings. The number of hydrogen-bond acceptors (Lipinski definition) is 8. The minimum atomic E-state index is -0.219.